The van der Waals surface area contributed by atoms with Gasteiger partial charge in [-0.1, -0.05) is 109 Å². The van der Waals surface area contributed by atoms with Crippen LogP contribution in [0.2, 0.25) is 15.7 Å². The van der Waals surface area contributed by atoms with Crippen molar-refractivity contribution in [3.8, 4) is 58.6 Å². The first-order chi connectivity index (χ1) is 62.5. The van der Waals surface area contributed by atoms with Gasteiger partial charge in [0.2, 0.25) is 34.1 Å². The van der Waals surface area contributed by atoms with Gasteiger partial charge in [-0.25, -0.2) is 63.1 Å². The molecule has 130 heavy (non-hydrogen) atoms. The number of methoxy groups -OCH3 is 11. The lowest BCUT2D eigenvalue weighted by Crippen LogP contribution is -2.09. The number of halogens is 3. The normalized spacial score (nSPS) is 9.56. The fourth-order valence-corrected chi connectivity index (χ4v) is 9.53. The fourth-order valence-electron chi connectivity index (χ4n) is 8.97. The largest absolute Gasteiger partial charge is 0.497 e. The number of aryl methyl sites for hydroxylation is 3. The number of nitrogens with zero attached hydrogens (tertiary/aromatic N) is 18. The average molecular weight is 1860 g/mol. The van der Waals surface area contributed by atoms with Crippen molar-refractivity contribution in [1.29, 1.82) is 21.6 Å². The van der Waals surface area contributed by atoms with Crippen LogP contribution in [-0.2, 0) is 38.2 Å². The highest BCUT2D eigenvalue weighted by molar-refractivity contribution is 6.34. The summed E-state index contributed by atoms with van der Waals surface area (Å²) in [4.78, 5) is 84.1. The maximum absolute atomic E-state index is 11.4. The van der Waals surface area contributed by atoms with Gasteiger partial charge >= 0.3 is 23.9 Å². The van der Waals surface area contributed by atoms with Gasteiger partial charge in [-0.2, -0.15) is 45.4 Å². The number of fused-ring (bicyclic) bond motifs is 1. The number of rotatable bonds is 21. The Morgan fingerprint density at radius 2 is 0.677 bits per heavy atom. The van der Waals surface area contributed by atoms with Gasteiger partial charge in [-0.05, 0) is 95.6 Å². The predicted molar refractivity (Wildman–Crippen MR) is 493 cm³/mol. The van der Waals surface area contributed by atoms with Gasteiger partial charge in [0, 0.05) is 56.8 Å². The lowest BCUT2D eigenvalue weighted by atomic mass is 10.2. The van der Waals surface area contributed by atoms with E-state index in [1.807, 2.05) is 36.4 Å². The Balaban J connectivity index is 0.000000498. The van der Waals surface area contributed by atoms with Crippen molar-refractivity contribution in [3.63, 3.8) is 0 Å². The molecule has 13 aromatic rings. The minimum absolute atomic E-state index is 0.0114. The second-order valence-corrected chi connectivity index (χ2v) is 25.3. The van der Waals surface area contributed by atoms with Crippen molar-refractivity contribution in [2.75, 3.05) is 108 Å². The summed E-state index contributed by atoms with van der Waals surface area (Å²) in [7, 11) is 16.9. The number of hydrogen-bond acceptors (Lipinski definition) is 39. The Morgan fingerprint density at radius 3 is 0.977 bits per heavy atom. The van der Waals surface area contributed by atoms with E-state index in [0.717, 1.165) is 68.5 Å². The van der Waals surface area contributed by atoms with Crippen molar-refractivity contribution in [2.24, 2.45) is 0 Å². The zero-order valence-corrected chi connectivity index (χ0v) is 77.3. The van der Waals surface area contributed by atoms with Crippen LogP contribution in [0.1, 0.15) is 142 Å². The third-order valence-electron chi connectivity index (χ3n) is 15.5. The summed E-state index contributed by atoms with van der Waals surface area (Å²) in [5.74, 6) is 2.21. The minimum atomic E-state index is -0.522. The zero-order chi connectivity index (χ0) is 97.4. The standard InChI is InChI=1S/C11H10N6O3.2C11H12N6O3.3C9H12O.C6H7ClN4O.C5H4Cl2N4.C5H6N2O2.2C3H8.CH4O/c1-19-9-8-7(4-12-16-8)14-11(15-9)17-5-6(3-13-17)10(18)20-2;2*1-19-9-8(13)7(3-12)15-11(16-9)17-5-6(4-14-17)10(18)20-2;3*1-3-8-4-6-9(10-2)7-5-8;1-12-5-4(9)3(2-8)10-6(7)11-5;6-4-3(9)2(1-8)10-5(7)11-4;1-9-5(8)4-2-6-7-3-4;2*1-3-2;1-2/h3-5H,1-2H3,(H,12,16);2*3-5,12H,13H2,1-2H3;3*4-7H,3H2,1-2H3;2,8H,9H2,1H3;1,8H,9H2;2-3H,1H3,(H,6,7);2*3H2,1-2H3;2H,1H3. The summed E-state index contributed by atoms with van der Waals surface area (Å²) in [6.07, 6.45) is 22.4. The number of carbonyl (C=O) groups is 4. The molecular formula is C83H107Cl3N28O16. The number of aliphatic hydroxyl groups excluding tert-OH is 1. The van der Waals surface area contributed by atoms with E-state index >= 15 is 0 Å². The molecule has 0 radical (unpaired) electrons. The number of nitrogens with one attached hydrogen (secondary N) is 6. The van der Waals surface area contributed by atoms with E-state index in [2.05, 4.69) is 189 Å². The van der Waals surface area contributed by atoms with Gasteiger partial charge < -0.3 is 102 Å². The summed E-state index contributed by atoms with van der Waals surface area (Å²) in [5.41, 5.74) is 30.4. The number of anilines is 4. The maximum Gasteiger partial charge on any atom is 0.341 e. The first-order valence-corrected chi connectivity index (χ1v) is 39.5. The van der Waals surface area contributed by atoms with Crippen molar-refractivity contribution < 1.29 is 76.4 Å². The highest BCUT2D eigenvalue weighted by Crippen LogP contribution is 2.27. The van der Waals surface area contributed by atoms with Crippen molar-refractivity contribution >= 4 is 117 Å². The van der Waals surface area contributed by atoms with Gasteiger partial charge in [0.1, 0.15) is 68.1 Å². The van der Waals surface area contributed by atoms with Crippen LogP contribution < -0.4 is 56.1 Å². The maximum atomic E-state index is 11.4. The molecule has 0 saturated carbocycles. The van der Waals surface area contributed by atoms with Crippen LogP contribution in [0.15, 0.2) is 129 Å². The summed E-state index contributed by atoms with van der Waals surface area (Å²) in [5, 5.41) is 60.0. The average Bonchev–Trinajstić information content (AvgIpc) is 1.60. The lowest BCUT2D eigenvalue weighted by molar-refractivity contribution is 0.0592. The number of nitrogens with two attached hydrogens (primary N) is 4. The van der Waals surface area contributed by atoms with Crippen molar-refractivity contribution in [2.45, 2.75) is 80.6 Å². The molecule has 10 heterocycles. The molecule has 47 heteroatoms. The Hall–Kier alpha value is -15.4. The lowest BCUT2D eigenvalue weighted by Gasteiger charge is -2.07. The third-order valence-corrected chi connectivity index (χ3v) is 16.1. The molecule has 0 aliphatic heterocycles. The molecule has 0 amide bonds. The first-order valence-electron chi connectivity index (χ1n) is 38.4. The van der Waals surface area contributed by atoms with Crippen molar-refractivity contribution in [3.05, 3.63) is 206 Å². The molecule has 0 bridgehead atoms. The molecule has 13 rings (SSSR count). The molecule has 0 fully saturated rings. The van der Waals surface area contributed by atoms with Crippen LogP contribution in [0, 0.1) is 21.6 Å². The molecule has 0 spiro atoms. The number of ether oxygens (including phenoxy) is 11. The molecule has 15 N–H and O–H groups in total. The number of H-pyrrole nitrogens is 2. The van der Waals surface area contributed by atoms with Crippen LogP contribution in [0.25, 0.3) is 28.9 Å². The smallest absolute Gasteiger partial charge is 0.341 e. The summed E-state index contributed by atoms with van der Waals surface area (Å²) in [6.45, 7) is 14.9. The van der Waals surface area contributed by atoms with Crippen LogP contribution in [0.3, 0.4) is 0 Å². The van der Waals surface area contributed by atoms with Crippen LogP contribution in [0.4, 0.5) is 22.7 Å². The molecule has 0 unspecified atom stereocenters. The number of nitrogen functional groups attached to an aromatic ring is 4. The van der Waals surface area contributed by atoms with E-state index in [1.165, 1.54) is 150 Å². The number of carbonyl (C=O) groups excluding carboxylic acids is 4. The van der Waals surface area contributed by atoms with E-state index in [9.17, 15) is 19.2 Å². The van der Waals surface area contributed by atoms with Gasteiger partial charge in [0.25, 0.3) is 17.8 Å². The second kappa shape index (κ2) is 61.0. The second-order valence-electron chi connectivity index (χ2n) is 24.3. The van der Waals surface area contributed by atoms with Gasteiger partial charge in [0.15, 0.2) is 5.15 Å². The molecule has 0 atom stereocenters. The monoisotopic (exact) mass is 1860 g/mol. The molecular weight excluding hydrogens is 1750 g/mol. The number of aliphatic hydroxyl groups is 1. The van der Waals surface area contributed by atoms with E-state index in [4.69, 9.17) is 118 Å². The van der Waals surface area contributed by atoms with Crippen molar-refractivity contribution in [1.82, 2.24) is 99.6 Å². The quantitative estimate of drug-likeness (QED) is 0.0105. The van der Waals surface area contributed by atoms with Crippen LogP contribution in [0.5, 0.6) is 40.8 Å². The molecule has 10 aromatic heterocycles. The predicted octanol–water partition coefficient (Wildman–Crippen LogP) is 11.9. The zero-order valence-electron chi connectivity index (χ0n) is 75.0. The highest BCUT2D eigenvalue weighted by atomic mass is 35.5. The topological polar surface area (TPSA) is 629 Å². The minimum Gasteiger partial charge on any atom is -0.497 e. The number of aromatic amines is 2. The highest BCUT2D eigenvalue weighted by Gasteiger charge is 2.20. The number of hydrogen-bond donors (Lipinski definition) is 11. The van der Waals surface area contributed by atoms with Gasteiger partial charge in [0.05, 0.1) is 137 Å². The van der Waals surface area contributed by atoms with Crippen LogP contribution >= 0.6 is 34.8 Å². The van der Waals surface area contributed by atoms with E-state index in [1.54, 1.807) is 27.5 Å². The number of benzene rings is 3. The Kier molecular flexibility index (Phi) is 51.9. The number of esters is 4. The first kappa shape index (κ1) is 111. The third kappa shape index (κ3) is 35.5. The molecule has 44 nitrogen and oxygen atoms in total. The Bertz CT molecular complexity index is 5310. The summed E-state index contributed by atoms with van der Waals surface area (Å²) >= 11 is 16.5. The van der Waals surface area contributed by atoms with Gasteiger partial charge in [-0.15, -0.1) is 0 Å². The molecule has 3 aromatic carbocycles. The Labute approximate surface area is 764 Å². The molecule has 696 valence electrons. The molecule has 0 aliphatic rings. The van der Waals surface area contributed by atoms with E-state index in [-0.39, 0.29) is 114 Å². The summed E-state index contributed by atoms with van der Waals surface area (Å²) in [6, 6.07) is 24.4. The fraction of sp³-hybridized carbons (Fsp3) is 0.289. The Morgan fingerprint density at radius 1 is 0.377 bits per heavy atom. The SMILES string of the molecule is CCC.CCC.CCc1ccc(OC)cc1.CCc1ccc(OC)cc1.CCc1ccc(OC)cc1.CO.COC(=O)c1cn[nH]c1.COC(=O)c1cnn(-c2nc(C=N)c(N)c(OC)n2)c1.COC(=O)c1cnn(-c2nc(C=N)c(N)c(OC)n2)c1.COC(=O)c1cnn(-c2nc(OC)c3[nH]ncc3n2)c1.COc1nc(Cl)nc(C=N)c1N.N=Cc1nc(Cl)nc(Cl)c1N. The molecule has 0 saturated heterocycles. The summed E-state index contributed by atoms with van der Waals surface area (Å²) < 4.78 is 57.1. The van der Waals surface area contributed by atoms with E-state index in [0.29, 0.717) is 28.0 Å². The van der Waals surface area contributed by atoms with Crippen LogP contribution in [-0.4, -0.2) is 239 Å². The molecule has 0 aliphatic carbocycles. The van der Waals surface area contributed by atoms with E-state index < -0.39 is 17.9 Å². The number of aromatic nitrogens is 20. The van der Waals surface area contributed by atoms with Gasteiger partial charge in [-0.3, -0.25) is 10.2 Å².